The largest absolute Gasteiger partial charge is 0.384 e. The first-order valence-electron chi connectivity index (χ1n) is 9.01. The van der Waals surface area contributed by atoms with Crippen molar-refractivity contribution in [1.29, 1.82) is 0 Å². The van der Waals surface area contributed by atoms with Gasteiger partial charge in [-0.2, -0.15) is 0 Å². The van der Waals surface area contributed by atoms with Gasteiger partial charge < -0.3 is 15.4 Å². The number of pyridine rings is 1. The molecule has 3 rings (SSSR count). The molecule has 2 aromatic rings. The van der Waals surface area contributed by atoms with Crippen molar-refractivity contribution >= 4 is 17.3 Å². The minimum absolute atomic E-state index is 0.195. The Hall–Kier alpha value is -2.44. The Balaban J connectivity index is 1.58. The number of hydrogen-bond donors (Lipinski definition) is 2. The zero-order valence-electron chi connectivity index (χ0n) is 15.4. The maximum atomic E-state index is 12.6. The number of hydrogen-bond acceptors (Lipinski definition) is 5. The van der Waals surface area contributed by atoms with Gasteiger partial charge in [-0.3, -0.25) is 14.7 Å². The zero-order valence-corrected chi connectivity index (χ0v) is 15.4. The molecule has 0 saturated carbocycles. The minimum Gasteiger partial charge on any atom is -0.384 e. The molecule has 1 fully saturated rings. The summed E-state index contributed by atoms with van der Waals surface area (Å²) in [5.41, 5.74) is 4.24. The highest BCUT2D eigenvalue weighted by Crippen LogP contribution is 2.20. The Morgan fingerprint density at radius 2 is 1.92 bits per heavy atom. The van der Waals surface area contributed by atoms with Crippen LogP contribution in [-0.4, -0.2) is 55.2 Å². The maximum Gasteiger partial charge on any atom is 0.274 e. The van der Waals surface area contributed by atoms with E-state index in [0.29, 0.717) is 5.69 Å². The molecule has 2 N–H and O–H groups in total. The Labute approximate surface area is 154 Å². The van der Waals surface area contributed by atoms with Crippen LogP contribution < -0.4 is 10.6 Å². The SMILES string of the molecule is Cc1cccc(C)c1NC(=O)c1cc(NCCN2CCOCC2)ccn1. The number of nitrogens with one attached hydrogen (secondary N) is 2. The van der Waals surface area contributed by atoms with Crippen molar-refractivity contribution in [3.63, 3.8) is 0 Å². The lowest BCUT2D eigenvalue weighted by Crippen LogP contribution is -2.39. The van der Waals surface area contributed by atoms with Crippen LogP contribution in [0.3, 0.4) is 0 Å². The van der Waals surface area contributed by atoms with Crippen LogP contribution in [0.4, 0.5) is 11.4 Å². The molecule has 0 unspecified atom stereocenters. The van der Waals surface area contributed by atoms with Crippen LogP contribution in [0.25, 0.3) is 0 Å². The predicted molar refractivity (Wildman–Crippen MR) is 104 cm³/mol. The molecule has 0 spiro atoms. The highest BCUT2D eigenvalue weighted by Gasteiger charge is 2.12. The van der Waals surface area contributed by atoms with Gasteiger partial charge in [0.1, 0.15) is 5.69 Å². The van der Waals surface area contributed by atoms with Crippen LogP contribution in [-0.2, 0) is 4.74 Å². The molecule has 0 radical (unpaired) electrons. The van der Waals surface area contributed by atoms with Gasteiger partial charge in [0.05, 0.1) is 13.2 Å². The number of anilines is 2. The normalized spacial score (nSPS) is 14.8. The summed E-state index contributed by atoms with van der Waals surface area (Å²) >= 11 is 0. The van der Waals surface area contributed by atoms with Gasteiger partial charge in [0.15, 0.2) is 0 Å². The molecule has 1 saturated heterocycles. The van der Waals surface area contributed by atoms with Gasteiger partial charge in [-0.1, -0.05) is 18.2 Å². The Morgan fingerprint density at radius 1 is 1.19 bits per heavy atom. The number of benzene rings is 1. The number of aryl methyl sites for hydroxylation is 2. The Kier molecular flexibility index (Phi) is 6.20. The number of carbonyl (C=O) groups is 1. The summed E-state index contributed by atoms with van der Waals surface area (Å²) in [6, 6.07) is 9.63. The molecule has 6 heteroatoms. The van der Waals surface area contributed by atoms with E-state index >= 15 is 0 Å². The number of ether oxygens (including phenoxy) is 1. The summed E-state index contributed by atoms with van der Waals surface area (Å²) in [7, 11) is 0. The molecular formula is C20H26N4O2. The molecule has 0 atom stereocenters. The number of carbonyl (C=O) groups excluding carboxylic acids is 1. The third-order valence-electron chi connectivity index (χ3n) is 4.57. The topological polar surface area (TPSA) is 66.5 Å². The fourth-order valence-electron chi connectivity index (χ4n) is 3.04. The smallest absolute Gasteiger partial charge is 0.274 e. The summed E-state index contributed by atoms with van der Waals surface area (Å²) in [5, 5.41) is 6.35. The molecule has 0 bridgehead atoms. The number of para-hydroxylation sites is 1. The lowest BCUT2D eigenvalue weighted by Gasteiger charge is -2.26. The van der Waals surface area contributed by atoms with Crippen molar-refractivity contribution in [2.45, 2.75) is 13.8 Å². The first kappa shape index (κ1) is 18.4. The fourth-order valence-corrected chi connectivity index (χ4v) is 3.04. The summed E-state index contributed by atoms with van der Waals surface area (Å²) in [6.07, 6.45) is 1.66. The van der Waals surface area contributed by atoms with E-state index in [1.165, 1.54) is 0 Å². The summed E-state index contributed by atoms with van der Waals surface area (Å²) in [6.45, 7) is 9.30. The van der Waals surface area contributed by atoms with Crippen molar-refractivity contribution in [3.8, 4) is 0 Å². The second-order valence-electron chi connectivity index (χ2n) is 6.53. The third kappa shape index (κ3) is 4.80. The van der Waals surface area contributed by atoms with Gasteiger partial charge in [0.2, 0.25) is 0 Å². The van der Waals surface area contributed by atoms with Crippen LogP contribution in [0.15, 0.2) is 36.5 Å². The average molecular weight is 354 g/mol. The van der Waals surface area contributed by atoms with Crippen molar-refractivity contribution in [2.24, 2.45) is 0 Å². The number of amides is 1. The van der Waals surface area contributed by atoms with Crippen LogP contribution in [0.5, 0.6) is 0 Å². The van der Waals surface area contributed by atoms with E-state index in [1.54, 1.807) is 12.3 Å². The first-order chi connectivity index (χ1) is 12.6. The highest BCUT2D eigenvalue weighted by atomic mass is 16.5. The monoisotopic (exact) mass is 354 g/mol. The second-order valence-corrected chi connectivity index (χ2v) is 6.53. The van der Waals surface area contributed by atoms with Gasteiger partial charge in [-0.05, 0) is 37.1 Å². The standard InChI is InChI=1S/C20H26N4O2/c1-15-4-3-5-16(2)19(15)23-20(25)18-14-17(6-7-22-18)21-8-9-24-10-12-26-13-11-24/h3-7,14H,8-13H2,1-2H3,(H,21,22)(H,23,25). The average Bonchev–Trinajstić information content (AvgIpc) is 2.66. The molecule has 138 valence electrons. The number of nitrogens with zero attached hydrogens (tertiary/aromatic N) is 2. The van der Waals surface area contributed by atoms with Crippen LogP contribution in [0, 0.1) is 13.8 Å². The van der Waals surface area contributed by atoms with Gasteiger partial charge in [0.25, 0.3) is 5.91 Å². The van der Waals surface area contributed by atoms with Crippen LogP contribution in [0.1, 0.15) is 21.6 Å². The molecule has 6 nitrogen and oxygen atoms in total. The highest BCUT2D eigenvalue weighted by molar-refractivity contribution is 6.04. The van der Waals surface area contributed by atoms with E-state index in [2.05, 4.69) is 20.5 Å². The van der Waals surface area contributed by atoms with Crippen molar-refractivity contribution in [1.82, 2.24) is 9.88 Å². The second kappa shape index (κ2) is 8.78. The minimum atomic E-state index is -0.195. The maximum absolute atomic E-state index is 12.6. The lowest BCUT2D eigenvalue weighted by molar-refractivity contribution is 0.0398. The van der Waals surface area contributed by atoms with Crippen LogP contribution in [0.2, 0.25) is 0 Å². The molecule has 26 heavy (non-hydrogen) atoms. The third-order valence-corrected chi connectivity index (χ3v) is 4.57. The van der Waals surface area contributed by atoms with Crippen molar-refractivity contribution < 1.29 is 9.53 Å². The van der Waals surface area contributed by atoms with Crippen LogP contribution >= 0.6 is 0 Å². The molecule has 1 aliphatic rings. The first-order valence-corrected chi connectivity index (χ1v) is 9.01. The molecule has 1 aromatic heterocycles. The van der Waals surface area contributed by atoms with E-state index in [1.807, 2.05) is 38.1 Å². The fraction of sp³-hybridized carbons (Fsp3) is 0.400. The number of rotatable bonds is 6. The summed E-state index contributed by atoms with van der Waals surface area (Å²) < 4.78 is 5.36. The number of morpholine rings is 1. The van der Waals surface area contributed by atoms with Gasteiger partial charge >= 0.3 is 0 Å². The van der Waals surface area contributed by atoms with Crippen molar-refractivity contribution in [2.75, 3.05) is 50.0 Å². The summed E-state index contributed by atoms with van der Waals surface area (Å²) in [4.78, 5) is 19.1. The number of aromatic nitrogens is 1. The lowest BCUT2D eigenvalue weighted by atomic mass is 10.1. The molecule has 0 aliphatic carbocycles. The Bertz CT molecular complexity index is 737. The molecule has 1 aliphatic heterocycles. The molecule has 2 heterocycles. The van der Waals surface area contributed by atoms with E-state index in [0.717, 1.165) is 61.9 Å². The van der Waals surface area contributed by atoms with E-state index in [-0.39, 0.29) is 5.91 Å². The summed E-state index contributed by atoms with van der Waals surface area (Å²) in [5.74, 6) is -0.195. The van der Waals surface area contributed by atoms with E-state index < -0.39 is 0 Å². The van der Waals surface area contributed by atoms with Gasteiger partial charge in [0, 0.05) is 43.8 Å². The Morgan fingerprint density at radius 3 is 2.65 bits per heavy atom. The van der Waals surface area contributed by atoms with E-state index in [4.69, 9.17) is 4.74 Å². The molecule has 1 amide bonds. The zero-order chi connectivity index (χ0) is 18.4. The van der Waals surface area contributed by atoms with Gasteiger partial charge in [-0.25, -0.2) is 0 Å². The molecular weight excluding hydrogens is 328 g/mol. The predicted octanol–water partition coefficient (Wildman–Crippen LogP) is 2.69. The molecule has 1 aromatic carbocycles. The van der Waals surface area contributed by atoms with Crippen molar-refractivity contribution in [3.05, 3.63) is 53.3 Å². The quantitative estimate of drug-likeness (QED) is 0.835. The van der Waals surface area contributed by atoms with E-state index in [9.17, 15) is 4.79 Å². The van der Waals surface area contributed by atoms with Gasteiger partial charge in [-0.15, -0.1) is 0 Å².